The minimum absolute atomic E-state index is 0.245. The highest BCUT2D eigenvalue weighted by Gasteiger charge is 2.26. The monoisotopic (exact) mass is 346 g/mol. The molecule has 25 heavy (non-hydrogen) atoms. The molecule has 0 saturated carbocycles. The number of imide groups is 1. The molecular weight excluding hydrogens is 316 g/mol. The van der Waals surface area contributed by atoms with Gasteiger partial charge in [0.05, 0.1) is 6.04 Å². The molecule has 6 heteroatoms. The molecule has 1 atom stereocenters. The summed E-state index contributed by atoms with van der Waals surface area (Å²) in [6, 6.07) is 7.63. The summed E-state index contributed by atoms with van der Waals surface area (Å²) >= 11 is 0. The fourth-order valence-corrected chi connectivity index (χ4v) is 2.99. The van der Waals surface area contributed by atoms with Crippen LogP contribution in [0.2, 0.25) is 0 Å². The molecule has 138 valence electrons. The van der Waals surface area contributed by atoms with Gasteiger partial charge in [-0.1, -0.05) is 32.0 Å². The third-order valence-electron chi connectivity index (χ3n) is 4.61. The van der Waals surface area contributed by atoms with Gasteiger partial charge in [0.15, 0.2) is 0 Å². The van der Waals surface area contributed by atoms with Crippen molar-refractivity contribution in [3.63, 3.8) is 0 Å². The first-order valence-electron chi connectivity index (χ1n) is 9.01. The Labute approximate surface area is 150 Å². The Morgan fingerprint density at radius 2 is 1.72 bits per heavy atom. The summed E-state index contributed by atoms with van der Waals surface area (Å²) in [7, 11) is 0. The number of anilines is 1. The van der Waals surface area contributed by atoms with E-state index in [1.807, 2.05) is 26.8 Å². The molecule has 0 radical (unpaired) electrons. The fourth-order valence-electron chi connectivity index (χ4n) is 2.99. The van der Waals surface area contributed by atoms with Crippen molar-refractivity contribution in [2.45, 2.75) is 33.7 Å². The predicted molar refractivity (Wildman–Crippen MR) is 101 cm³/mol. The van der Waals surface area contributed by atoms with E-state index in [2.05, 4.69) is 45.6 Å². The van der Waals surface area contributed by atoms with Gasteiger partial charge in [-0.25, -0.2) is 4.79 Å². The number of nitrogens with one attached hydrogen (secondary N) is 2. The molecule has 1 aromatic rings. The quantitative estimate of drug-likeness (QED) is 0.856. The zero-order valence-corrected chi connectivity index (χ0v) is 15.7. The largest absolute Gasteiger partial charge is 0.369 e. The Bertz CT molecular complexity index is 595. The molecule has 1 aliphatic rings. The van der Waals surface area contributed by atoms with Crippen molar-refractivity contribution in [2.75, 3.05) is 37.6 Å². The van der Waals surface area contributed by atoms with Gasteiger partial charge >= 0.3 is 6.03 Å². The molecule has 1 saturated heterocycles. The van der Waals surface area contributed by atoms with Crippen LogP contribution in [0.4, 0.5) is 10.5 Å². The van der Waals surface area contributed by atoms with E-state index in [1.165, 1.54) is 11.3 Å². The zero-order chi connectivity index (χ0) is 18.4. The number of nitrogens with zero attached hydrogens (tertiary/aromatic N) is 2. The van der Waals surface area contributed by atoms with Crippen LogP contribution in [0.1, 0.15) is 26.3 Å². The topological polar surface area (TPSA) is 64.7 Å². The summed E-state index contributed by atoms with van der Waals surface area (Å²) in [5.41, 5.74) is 2.52. The van der Waals surface area contributed by atoms with Gasteiger partial charge in [0, 0.05) is 38.4 Å². The standard InChI is InChI=1S/C19H30N4O2/c1-14(2)13-20-19(25)21-18(24)16(4)22-9-11-23(12-10-22)17-8-6-5-7-15(17)3/h5-8,14,16H,9-13H2,1-4H3,(H2,20,21,24,25). The highest BCUT2D eigenvalue weighted by Crippen LogP contribution is 2.21. The first-order valence-corrected chi connectivity index (χ1v) is 9.01. The summed E-state index contributed by atoms with van der Waals surface area (Å²) in [6.45, 7) is 11.9. The van der Waals surface area contributed by atoms with Gasteiger partial charge in [0.2, 0.25) is 5.91 Å². The van der Waals surface area contributed by atoms with Crippen LogP contribution in [0, 0.1) is 12.8 Å². The van der Waals surface area contributed by atoms with Gasteiger partial charge in [-0.2, -0.15) is 0 Å². The van der Waals surface area contributed by atoms with Gasteiger partial charge in [0.25, 0.3) is 0 Å². The van der Waals surface area contributed by atoms with E-state index in [0.717, 1.165) is 26.2 Å². The second-order valence-corrected chi connectivity index (χ2v) is 7.08. The first-order chi connectivity index (χ1) is 11.9. The normalized spacial score (nSPS) is 16.6. The van der Waals surface area contributed by atoms with Gasteiger partial charge < -0.3 is 10.2 Å². The lowest BCUT2D eigenvalue weighted by Crippen LogP contribution is -2.55. The van der Waals surface area contributed by atoms with E-state index in [1.54, 1.807) is 0 Å². The van der Waals surface area contributed by atoms with Gasteiger partial charge in [0.1, 0.15) is 0 Å². The average Bonchev–Trinajstić information content (AvgIpc) is 2.60. The molecule has 1 unspecified atom stereocenters. The van der Waals surface area contributed by atoms with Crippen LogP contribution in [0.15, 0.2) is 24.3 Å². The molecule has 3 amide bonds. The van der Waals surface area contributed by atoms with Gasteiger partial charge in [-0.15, -0.1) is 0 Å². The highest BCUT2D eigenvalue weighted by atomic mass is 16.2. The second kappa shape index (κ2) is 8.85. The molecule has 1 aliphatic heterocycles. The van der Waals surface area contributed by atoms with E-state index in [0.29, 0.717) is 12.5 Å². The lowest BCUT2D eigenvalue weighted by atomic mass is 10.1. The van der Waals surface area contributed by atoms with Crippen LogP contribution in [-0.4, -0.2) is 55.6 Å². The summed E-state index contributed by atoms with van der Waals surface area (Å²) in [5, 5.41) is 5.15. The number of carbonyl (C=O) groups excluding carboxylic acids is 2. The molecule has 2 rings (SSSR count). The maximum Gasteiger partial charge on any atom is 0.321 e. The molecule has 2 N–H and O–H groups in total. The Morgan fingerprint density at radius 3 is 2.32 bits per heavy atom. The lowest BCUT2D eigenvalue weighted by Gasteiger charge is -2.39. The van der Waals surface area contributed by atoms with Crippen LogP contribution >= 0.6 is 0 Å². The minimum atomic E-state index is -0.413. The van der Waals surface area contributed by atoms with Crippen LogP contribution in [0.5, 0.6) is 0 Å². The number of benzene rings is 1. The fraction of sp³-hybridized carbons (Fsp3) is 0.579. The molecule has 1 aromatic carbocycles. The Balaban J connectivity index is 1.82. The van der Waals surface area contributed by atoms with Crippen LogP contribution in [-0.2, 0) is 4.79 Å². The number of hydrogen-bond acceptors (Lipinski definition) is 4. The van der Waals surface area contributed by atoms with Crippen molar-refractivity contribution in [1.82, 2.24) is 15.5 Å². The Hall–Kier alpha value is -2.08. The second-order valence-electron chi connectivity index (χ2n) is 7.08. The molecule has 1 heterocycles. The first kappa shape index (κ1) is 19.2. The van der Waals surface area contributed by atoms with E-state index < -0.39 is 6.03 Å². The van der Waals surface area contributed by atoms with Gasteiger partial charge in [-0.05, 0) is 31.4 Å². The molecule has 0 bridgehead atoms. The average molecular weight is 346 g/mol. The van der Waals surface area contributed by atoms with Crippen molar-refractivity contribution in [3.05, 3.63) is 29.8 Å². The Morgan fingerprint density at radius 1 is 1.08 bits per heavy atom. The predicted octanol–water partition coefficient (Wildman–Crippen LogP) is 1.99. The summed E-state index contributed by atoms with van der Waals surface area (Å²) < 4.78 is 0. The van der Waals surface area contributed by atoms with Crippen LogP contribution in [0.25, 0.3) is 0 Å². The summed E-state index contributed by atoms with van der Waals surface area (Å²) in [5.74, 6) is 0.110. The number of urea groups is 1. The highest BCUT2D eigenvalue weighted by molar-refractivity contribution is 5.96. The number of aryl methyl sites for hydroxylation is 1. The van der Waals surface area contributed by atoms with Gasteiger partial charge in [-0.3, -0.25) is 15.0 Å². The number of para-hydroxylation sites is 1. The smallest absolute Gasteiger partial charge is 0.321 e. The molecular formula is C19H30N4O2. The summed E-state index contributed by atoms with van der Waals surface area (Å²) in [6.07, 6.45) is 0. The maximum absolute atomic E-state index is 12.3. The Kier molecular flexibility index (Phi) is 6.82. The van der Waals surface area contributed by atoms with E-state index in [9.17, 15) is 9.59 Å². The summed E-state index contributed by atoms with van der Waals surface area (Å²) in [4.78, 5) is 28.5. The molecule has 0 aromatic heterocycles. The van der Waals surface area contributed by atoms with E-state index >= 15 is 0 Å². The van der Waals surface area contributed by atoms with Crippen molar-refractivity contribution in [2.24, 2.45) is 5.92 Å². The van der Waals surface area contributed by atoms with Crippen LogP contribution in [0.3, 0.4) is 0 Å². The van der Waals surface area contributed by atoms with E-state index in [-0.39, 0.29) is 11.9 Å². The maximum atomic E-state index is 12.3. The number of carbonyl (C=O) groups is 2. The van der Waals surface area contributed by atoms with Crippen molar-refractivity contribution in [3.8, 4) is 0 Å². The van der Waals surface area contributed by atoms with Crippen LogP contribution < -0.4 is 15.5 Å². The third-order valence-corrected chi connectivity index (χ3v) is 4.61. The van der Waals surface area contributed by atoms with E-state index in [4.69, 9.17) is 0 Å². The number of hydrogen-bond donors (Lipinski definition) is 2. The number of rotatable bonds is 5. The third kappa shape index (κ3) is 5.46. The molecule has 1 fully saturated rings. The SMILES string of the molecule is Cc1ccccc1N1CCN(C(C)C(=O)NC(=O)NCC(C)C)CC1. The molecule has 6 nitrogen and oxygen atoms in total. The minimum Gasteiger partial charge on any atom is -0.369 e. The molecule has 0 aliphatic carbocycles. The van der Waals surface area contributed by atoms with Crippen molar-refractivity contribution < 1.29 is 9.59 Å². The number of amides is 3. The number of piperazine rings is 1. The van der Waals surface area contributed by atoms with Crippen molar-refractivity contribution in [1.29, 1.82) is 0 Å². The molecule has 0 spiro atoms. The van der Waals surface area contributed by atoms with Crippen molar-refractivity contribution >= 4 is 17.6 Å². The zero-order valence-electron chi connectivity index (χ0n) is 15.7. The lowest BCUT2D eigenvalue weighted by molar-refractivity contribution is -0.124.